The lowest BCUT2D eigenvalue weighted by atomic mass is 10.2. The maximum Gasteiger partial charge on any atom is 0.106 e. The first-order chi connectivity index (χ1) is 5.33. The summed E-state index contributed by atoms with van der Waals surface area (Å²) in [4.78, 5) is 4.54. The van der Waals surface area contributed by atoms with Crippen LogP contribution in [0.25, 0.3) is 0 Å². The normalized spacial score (nSPS) is 10.4. The van der Waals surface area contributed by atoms with Crippen molar-refractivity contribution in [3.63, 3.8) is 0 Å². The fourth-order valence-electron chi connectivity index (χ4n) is 0.804. The van der Waals surface area contributed by atoms with Crippen molar-refractivity contribution in [2.45, 2.75) is 6.92 Å². The molecule has 2 nitrogen and oxygen atoms in total. The van der Waals surface area contributed by atoms with Crippen molar-refractivity contribution < 1.29 is 4.84 Å². The number of hydrogen-bond donors (Lipinski definition) is 0. The summed E-state index contributed by atoms with van der Waals surface area (Å²) in [6.07, 6.45) is 1.66. The Kier molecular flexibility index (Phi) is 2.66. The summed E-state index contributed by atoms with van der Waals surface area (Å²) in [5.41, 5.74) is 2.18. The summed E-state index contributed by atoms with van der Waals surface area (Å²) >= 11 is 0. The van der Waals surface area contributed by atoms with Gasteiger partial charge < -0.3 is 4.84 Å². The van der Waals surface area contributed by atoms with Crippen molar-refractivity contribution in [2.24, 2.45) is 5.16 Å². The number of oxime groups is 1. The Bertz CT molecular complexity index is 255. The van der Waals surface area contributed by atoms with E-state index in [4.69, 9.17) is 0 Å². The van der Waals surface area contributed by atoms with Crippen LogP contribution < -0.4 is 0 Å². The molecule has 0 N–H and O–H groups in total. The van der Waals surface area contributed by atoms with E-state index in [0.29, 0.717) is 0 Å². The summed E-state index contributed by atoms with van der Waals surface area (Å²) in [6.45, 7) is 2.01. The van der Waals surface area contributed by atoms with Crippen LogP contribution in [0.2, 0.25) is 0 Å². The number of aryl methyl sites for hydroxylation is 1. The van der Waals surface area contributed by atoms with E-state index < -0.39 is 0 Å². The van der Waals surface area contributed by atoms with Crippen molar-refractivity contribution in [3.8, 4) is 0 Å². The highest BCUT2D eigenvalue weighted by molar-refractivity contribution is 5.79. The van der Waals surface area contributed by atoms with Gasteiger partial charge in [0.25, 0.3) is 0 Å². The third-order valence-corrected chi connectivity index (χ3v) is 1.26. The lowest BCUT2D eigenvalue weighted by Crippen LogP contribution is -1.82. The Morgan fingerprint density at radius 2 is 2.36 bits per heavy atom. The fourth-order valence-corrected chi connectivity index (χ4v) is 0.804. The molecule has 1 aromatic carbocycles. The van der Waals surface area contributed by atoms with Crippen LogP contribution in [0.4, 0.5) is 0 Å². The van der Waals surface area contributed by atoms with Crippen molar-refractivity contribution >= 4 is 6.21 Å². The molecule has 0 unspecified atom stereocenters. The monoisotopic (exact) mass is 148 g/mol. The van der Waals surface area contributed by atoms with Gasteiger partial charge >= 0.3 is 0 Å². The minimum absolute atomic E-state index is 1.01. The molecule has 0 fully saturated rings. The summed E-state index contributed by atoms with van der Waals surface area (Å²) in [5, 5.41) is 3.64. The lowest BCUT2D eigenvalue weighted by Gasteiger charge is -1.92. The Labute approximate surface area is 66.5 Å². The Balaban J connectivity index is 2.79. The zero-order chi connectivity index (χ0) is 8.10. The molecular weight excluding hydrogens is 138 g/mol. The summed E-state index contributed by atoms with van der Waals surface area (Å²) in [7, 11) is 1.52. The molecule has 0 aliphatic heterocycles. The van der Waals surface area contributed by atoms with Gasteiger partial charge in [-0.3, -0.25) is 0 Å². The highest BCUT2D eigenvalue weighted by atomic mass is 16.6. The average Bonchev–Trinajstić information content (AvgIpc) is 2.01. The summed E-state index contributed by atoms with van der Waals surface area (Å²) in [5.74, 6) is 0. The minimum Gasteiger partial charge on any atom is -0.399 e. The molecular formula is C9H10NO. The van der Waals surface area contributed by atoms with Crippen molar-refractivity contribution in [1.29, 1.82) is 0 Å². The second kappa shape index (κ2) is 3.76. The number of nitrogens with zero attached hydrogens (tertiary/aromatic N) is 1. The second-order valence-corrected chi connectivity index (χ2v) is 2.26. The van der Waals surface area contributed by atoms with Crippen molar-refractivity contribution in [1.82, 2.24) is 0 Å². The zero-order valence-electron chi connectivity index (χ0n) is 6.66. The molecule has 2 heteroatoms. The highest BCUT2D eigenvalue weighted by Gasteiger charge is 1.86. The number of hydrogen-bond acceptors (Lipinski definition) is 2. The van der Waals surface area contributed by atoms with E-state index >= 15 is 0 Å². The van der Waals surface area contributed by atoms with E-state index in [2.05, 4.69) is 16.1 Å². The zero-order valence-corrected chi connectivity index (χ0v) is 6.66. The van der Waals surface area contributed by atoms with Gasteiger partial charge in [-0.2, -0.15) is 0 Å². The van der Waals surface area contributed by atoms with Gasteiger partial charge in [0.15, 0.2) is 0 Å². The summed E-state index contributed by atoms with van der Waals surface area (Å²) < 4.78 is 0. The molecule has 0 amide bonds. The quantitative estimate of drug-likeness (QED) is 0.462. The van der Waals surface area contributed by atoms with Crippen LogP contribution in [0.5, 0.6) is 0 Å². The third kappa shape index (κ3) is 2.42. The van der Waals surface area contributed by atoms with Crippen LogP contribution in [0.3, 0.4) is 0 Å². The molecule has 0 heterocycles. The van der Waals surface area contributed by atoms with Gasteiger partial charge in [-0.05, 0) is 30.2 Å². The van der Waals surface area contributed by atoms with Crippen LogP contribution in [-0.4, -0.2) is 13.3 Å². The predicted octanol–water partition coefficient (Wildman–Crippen LogP) is 1.78. The molecule has 57 valence electrons. The lowest BCUT2D eigenvalue weighted by molar-refractivity contribution is 0.215. The molecule has 0 aliphatic carbocycles. The molecule has 0 aromatic heterocycles. The minimum atomic E-state index is 1.01. The first kappa shape index (κ1) is 7.79. The van der Waals surface area contributed by atoms with Crippen molar-refractivity contribution in [2.75, 3.05) is 7.11 Å². The largest absolute Gasteiger partial charge is 0.399 e. The van der Waals surface area contributed by atoms with Crippen LogP contribution in [0.15, 0.2) is 23.4 Å². The molecule has 0 saturated carbocycles. The van der Waals surface area contributed by atoms with Crippen LogP contribution in [0, 0.1) is 13.0 Å². The first-order valence-electron chi connectivity index (χ1n) is 3.37. The predicted molar refractivity (Wildman–Crippen MR) is 44.6 cm³/mol. The first-order valence-corrected chi connectivity index (χ1v) is 3.37. The molecule has 0 atom stereocenters. The van der Waals surface area contributed by atoms with Gasteiger partial charge in [-0.15, -0.1) is 0 Å². The van der Waals surface area contributed by atoms with Gasteiger partial charge in [-0.25, -0.2) is 0 Å². The molecule has 11 heavy (non-hydrogen) atoms. The standard InChI is InChI=1S/C9H10NO/c1-8-4-3-5-9(6-8)7-10-11-2/h4-7H,1-2H3/b10-7+. The van der Waals surface area contributed by atoms with Gasteiger partial charge in [-0.1, -0.05) is 17.3 Å². The van der Waals surface area contributed by atoms with E-state index in [1.54, 1.807) is 6.21 Å². The topological polar surface area (TPSA) is 21.6 Å². The van der Waals surface area contributed by atoms with Gasteiger partial charge in [0.05, 0.1) is 6.21 Å². The van der Waals surface area contributed by atoms with Crippen LogP contribution in [-0.2, 0) is 4.84 Å². The molecule has 0 saturated heterocycles. The van der Waals surface area contributed by atoms with Crippen LogP contribution >= 0.6 is 0 Å². The second-order valence-electron chi connectivity index (χ2n) is 2.26. The molecule has 0 aliphatic rings. The maximum atomic E-state index is 4.54. The van der Waals surface area contributed by atoms with E-state index in [1.165, 1.54) is 12.7 Å². The molecule has 1 rings (SSSR count). The number of rotatable bonds is 2. The maximum absolute atomic E-state index is 4.54. The van der Waals surface area contributed by atoms with Crippen molar-refractivity contribution in [3.05, 3.63) is 35.4 Å². The SMILES string of the molecule is CO/N=C/c1c[c]cc(C)c1. The van der Waals surface area contributed by atoms with E-state index in [0.717, 1.165) is 5.56 Å². The number of benzene rings is 1. The highest BCUT2D eigenvalue weighted by Crippen LogP contribution is 1.99. The van der Waals surface area contributed by atoms with Crippen LogP contribution in [0.1, 0.15) is 11.1 Å². The van der Waals surface area contributed by atoms with E-state index in [1.807, 2.05) is 25.1 Å². The Morgan fingerprint density at radius 3 is 3.00 bits per heavy atom. The van der Waals surface area contributed by atoms with Gasteiger partial charge in [0.2, 0.25) is 0 Å². The Morgan fingerprint density at radius 1 is 1.55 bits per heavy atom. The molecule has 0 bridgehead atoms. The van der Waals surface area contributed by atoms with E-state index in [-0.39, 0.29) is 0 Å². The van der Waals surface area contributed by atoms with Gasteiger partial charge in [0, 0.05) is 0 Å². The van der Waals surface area contributed by atoms with Gasteiger partial charge in [0.1, 0.15) is 7.11 Å². The average molecular weight is 148 g/mol. The van der Waals surface area contributed by atoms with E-state index in [9.17, 15) is 0 Å². The smallest absolute Gasteiger partial charge is 0.106 e. The molecule has 0 spiro atoms. The molecule has 1 radical (unpaired) electrons. The fraction of sp³-hybridized carbons (Fsp3) is 0.222. The third-order valence-electron chi connectivity index (χ3n) is 1.26. The summed E-state index contributed by atoms with van der Waals surface area (Å²) in [6, 6.07) is 8.78. The Hall–Kier alpha value is -1.31. The molecule has 1 aromatic rings.